The van der Waals surface area contributed by atoms with E-state index in [1.54, 1.807) is 31.5 Å². The van der Waals surface area contributed by atoms with Gasteiger partial charge in [-0.3, -0.25) is 14.7 Å². The minimum Gasteiger partial charge on any atom is -0.394 e. The van der Waals surface area contributed by atoms with Crippen LogP contribution in [-0.2, 0) is 9.53 Å². The molecule has 2 N–H and O–H groups in total. The maximum absolute atomic E-state index is 12.5. The minimum absolute atomic E-state index is 0.254. The second-order valence-electron chi connectivity index (χ2n) is 5.26. The molecule has 0 bridgehead atoms. The summed E-state index contributed by atoms with van der Waals surface area (Å²) in [4.78, 5) is 22.2. The van der Waals surface area contributed by atoms with Crippen LogP contribution in [0.25, 0.3) is 6.08 Å². The number of amides is 1. The van der Waals surface area contributed by atoms with Crippen LogP contribution < -0.4 is 0 Å². The third-order valence-electron chi connectivity index (χ3n) is 3.73. The number of hydrogen-bond acceptors (Lipinski definition) is 6. The van der Waals surface area contributed by atoms with Crippen molar-refractivity contribution in [3.63, 3.8) is 0 Å². The number of rotatable bonds is 3. The van der Waals surface area contributed by atoms with Crippen molar-refractivity contribution in [3.8, 4) is 0 Å². The smallest absolute Gasteiger partial charge is 0.280 e. The molecule has 0 radical (unpaired) electrons. The standard InChI is InChI=1S/C15H17N3O4/c1-9-17-11(5-10-3-2-4-16-7-10)15(21)18(9)14-6-12(20)13(8-19)22-14/h2-5,7,12-14,19-20H,6,8H2,1H3/b11-5+/t12-,13+,14+/m0/s1. The largest absolute Gasteiger partial charge is 0.394 e. The Kier molecular flexibility index (Phi) is 4.02. The number of ether oxygens (including phenoxy) is 1. The van der Waals surface area contributed by atoms with Crippen LogP contribution >= 0.6 is 0 Å². The van der Waals surface area contributed by atoms with Crippen molar-refractivity contribution in [2.24, 2.45) is 4.99 Å². The van der Waals surface area contributed by atoms with E-state index in [2.05, 4.69) is 9.98 Å². The molecule has 0 unspecified atom stereocenters. The van der Waals surface area contributed by atoms with Crippen molar-refractivity contribution < 1.29 is 19.7 Å². The first-order valence-electron chi connectivity index (χ1n) is 7.05. The number of aromatic nitrogens is 1. The predicted molar refractivity (Wildman–Crippen MR) is 78.5 cm³/mol. The number of amidine groups is 1. The third kappa shape index (κ3) is 2.66. The molecule has 3 rings (SSSR count). The van der Waals surface area contributed by atoms with Gasteiger partial charge in [0.2, 0.25) is 0 Å². The first-order valence-corrected chi connectivity index (χ1v) is 7.05. The highest BCUT2D eigenvalue weighted by Gasteiger charge is 2.42. The van der Waals surface area contributed by atoms with Crippen LogP contribution in [0.3, 0.4) is 0 Å². The molecule has 3 atom stereocenters. The molecular formula is C15H17N3O4. The number of carbonyl (C=O) groups excluding carboxylic acids is 1. The van der Waals surface area contributed by atoms with E-state index >= 15 is 0 Å². The first kappa shape index (κ1) is 14.8. The van der Waals surface area contributed by atoms with Gasteiger partial charge in [0.25, 0.3) is 5.91 Å². The predicted octanol–water partition coefficient (Wildman–Crippen LogP) is 0.151. The quantitative estimate of drug-likeness (QED) is 0.775. The van der Waals surface area contributed by atoms with E-state index in [9.17, 15) is 9.90 Å². The van der Waals surface area contributed by atoms with Gasteiger partial charge in [0.15, 0.2) is 0 Å². The van der Waals surface area contributed by atoms with Crippen LogP contribution in [0.4, 0.5) is 0 Å². The Morgan fingerprint density at radius 3 is 3.00 bits per heavy atom. The lowest BCUT2D eigenvalue weighted by atomic mass is 10.2. The van der Waals surface area contributed by atoms with Gasteiger partial charge in [0.1, 0.15) is 23.9 Å². The molecular weight excluding hydrogens is 286 g/mol. The van der Waals surface area contributed by atoms with Gasteiger partial charge in [-0.2, -0.15) is 0 Å². The van der Waals surface area contributed by atoms with Gasteiger partial charge < -0.3 is 14.9 Å². The highest BCUT2D eigenvalue weighted by atomic mass is 16.5. The summed E-state index contributed by atoms with van der Waals surface area (Å²) in [5.41, 5.74) is 1.08. The van der Waals surface area contributed by atoms with Crippen molar-refractivity contribution in [1.82, 2.24) is 9.88 Å². The van der Waals surface area contributed by atoms with Crippen LogP contribution in [0.2, 0.25) is 0 Å². The van der Waals surface area contributed by atoms with E-state index in [1.165, 1.54) is 4.90 Å². The zero-order valence-corrected chi connectivity index (χ0v) is 12.1. The molecule has 1 aromatic rings. The fraction of sp³-hybridized carbons (Fsp3) is 0.400. The molecule has 3 heterocycles. The molecule has 7 heteroatoms. The average molecular weight is 303 g/mol. The molecule has 7 nitrogen and oxygen atoms in total. The van der Waals surface area contributed by atoms with Crippen molar-refractivity contribution in [2.45, 2.75) is 31.8 Å². The van der Waals surface area contributed by atoms with Gasteiger partial charge in [-0.25, -0.2) is 4.99 Å². The third-order valence-corrected chi connectivity index (χ3v) is 3.73. The minimum atomic E-state index is -0.790. The first-order chi connectivity index (χ1) is 10.6. The Morgan fingerprint density at radius 1 is 1.55 bits per heavy atom. The maximum atomic E-state index is 12.5. The second-order valence-corrected chi connectivity index (χ2v) is 5.26. The Balaban J connectivity index is 1.81. The van der Waals surface area contributed by atoms with E-state index in [0.717, 1.165) is 5.56 Å². The summed E-state index contributed by atoms with van der Waals surface area (Å²) in [5, 5.41) is 18.9. The molecule has 0 saturated carbocycles. The molecule has 2 aliphatic rings. The summed E-state index contributed by atoms with van der Waals surface area (Å²) in [6, 6.07) is 3.61. The zero-order chi connectivity index (χ0) is 15.7. The molecule has 1 saturated heterocycles. The van der Waals surface area contributed by atoms with Crippen LogP contribution in [0.5, 0.6) is 0 Å². The maximum Gasteiger partial charge on any atom is 0.280 e. The van der Waals surface area contributed by atoms with Crippen LogP contribution in [0.1, 0.15) is 18.9 Å². The highest BCUT2D eigenvalue weighted by Crippen LogP contribution is 2.28. The van der Waals surface area contributed by atoms with Gasteiger partial charge in [-0.15, -0.1) is 0 Å². The zero-order valence-electron chi connectivity index (χ0n) is 12.1. The lowest BCUT2D eigenvalue weighted by Crippen LogP contribution is -2.40. The Bertz CT molecular complexity index is 629. The molecule has 1 fully saturated rings. The van der Waals surface area contributed by atoms with E-state index in [-0.39, 0.29) is 18.9 Å². The number of nitrogens with zero attached hydrogens (tertiary/aromatic N) is 3. The van der Waals surface area contributed by atoms with Gasteiger partial charge in [-0.1, -0.05) is 6.07 Å². The molecule has 1 amide bonds. The lowest BCUT2D eigenvalue weighted by molar-refractivity contribution is -0.133. The van der Waals surface area contributed by atoms with Crippen molar-refractivity contribution >= 4 is 17.8 Å². The molecule has 0 spiro atoms. The van der Waals surface area contributed by atoms with Crippen molar-refractivity contribution in [3.05, 3.63) is 35.8 Å². The summed E-state index contributed by atoms with van der Waals surface area (Å²) in [6.45, 7) is 1.43. The summed E-state index contributed by atoms with van der Waals surface area (Å²) in [6.07, 6.45) is 3.15. The van der Waals surface area contributed by atoms with E-state index in [4.69, 9.17) is 9.84 Å². The van der Waals surface area contributed by atoms with E-state index < -0.39 is 18.4 Å². The van der Waals surface area contributed by atoms with Crippen LogP contribution in [-0.4, -0.2) is 56.9 Å². The summed E-state index contributed by atoms with van der Waals surface area (Å²) in [7, 11) is 0. The molecule has 1 aromatic heterocycles. The van der Waals surface area contributed by atoms with Gasteiger partial charge >= 0.3 is 0 Å². The molecule has 22 heavy (non-hydrogen) atoms. The summed E-state index contributed by atoms with van der Waals surface area (Å²) in [5.74, 6) is 0.230. The molecule has 0 aromatic carbocycles. The number of aliphatic hydroxyl groups excluding tert-OH is 2. The summed E-state index contributed by atoms with van der Waals surface area (Å²) >= 11 is 0. The van der Waals surface area contributed by atoms with E-state index in [1.807, 2.05) is 6.07 Å². The number of hydrogen-bond donors (Lipinski definition) is 2. The van der Waals surface area contributed by atoms with Gasteiger partial charge in [0.05, 0.1) is 12.7 Å². The fourth-order valence-corrected chi connectivity index (χ4v) is 2.64. The molecule has 2 aliphatic heterocycles. The fourth-order valence-electron chi connectivity index (χ4n) is 2.64. The van der Waals surface area contributed by atoms with Crippen molar-refractivity contribution in [1.29, 1.82) is 0 Å². The average Bonchev–Trinajstić information content (AvgIpc) is 3.00. The Morgan fingerprint density at radius 2 is 2.36 bits per heavy atom. The molecule has 116 valence electrons. The summed E-state index contributed by atoms with van der Waals surface area (Å²) < 4.78 is 5.53. The SMILES string of the molecule is CC1=N/C(=C/c2cccnc2)C(=O)N1[C@H]1C[C@H](O)[C@@H](CO)O1. The van der Waals surface area contributed by atoms with Crippen LogP contribution in [0.15, 0.2) is 35.2 Å². The van der Waals surface area contributed by atoms with Gasteiger partial charge in [-0.05, 0) is 24.6 Å². The number of pyridine rings is 1. The Hall–Kier alpha value is -2.09. The topological polar surface area (TPSA) is 95.3 Å². The molecule has 0 aliphatic carbocycles. The van der Waals surface area contributed by atoms with Gasteiger partial charge in [0, 0.05) is 18.8 Å². The lowest BCUT2D eigenvalue weighted by Gasteiger charge is -2.23. The van der Waals surface area contributed by atoms with E-state index in [0.29, 0.717) is 11.5 Å². The Labute approximate surface area is 127 Å². The van der Waals surface area contributed by atoms with Crippen LogP contribution in [0, 0.1) is 0 Å². The second kappa shape index (κ2) is 5.96. The number of aliphatic hydroxyl groups is 2. The highest BCUT2D eigenvalue weighted by molar-refractivity contribution is 6.13. The normalized spacial score (nSPS) is 30.2. The number of carbonyl (C=O) groups is 1. The number of aliphatic imine (C=N–C) groups is 1. The monoisotopic (exact) mass is 303 g/mol. The van der Waals surface area contributed by atoms with Crippen molar-refractivity contribution in [2.75, 3.05) is 6.61 Å².